The third-order valence-electron chi connectivity index (χ3n) is 1.78. The lowest BCUT2D eigenvalue weighted by atomic mass is 10.2. The van der Waals surface area contributed by atoms with E-state index in [9.17, 15) is 8.42 Å². The second-order valence-electron chi connectivity index (χ2n) is 2.88. The van der Waals surface area contributed by atoms with Gasteiger partial charge in [0.05, 0.1) is 17.3 Å². The van der Waals surface area contributed by atoms with Crippen molar-refractivity contribution in [1.29, 1.82) is 0 Å². The summed E-state index contributed by atoms with van der Waals surface area (Å²) in [6, 6.07) is 6.27. The molecule has 0 saturated heterocycles. The van der Waals surface area contributed by atoms with Crippen LogP contribution in [-0.4, -0.2) is 19.3 Å². The predicted molar refractivity (Wildman–Crippen MR) is 54.6 cm³/mol. The zero-order valence-electron chi connectivity index (χ0n) is 7.68. The predicted octanol–water partition coefficient (Wildman–Crippen LogP) is 1.14. The molecule has 0 heterocycles. The van der Waals surface area contributed by atoms with Crippen LogP contribution in [-0.2, 0) is 16.4 Å². The first-order valence-electron chi connectivity index (χ1n) is 4.13. The number of sulfone groups is 1. The Morgan fingerprint density at radius 1 is 1.43 bits per heavy atom. The zero-order chi connectivity index (χ0) is 10.6. The zero-order valence-corrected chi connectivity index (χ0v) is 8.50. The van der Waals surface area contributed by atoms with Gasteiger partial charge < -0.3 is 5.11 Å². The van der Waals surface area contributed by atoms with Crippen molar-refractivity contribution in [1.82, 2.24) is 0 Å². The highest BCUT2D eigenvalue weighted by atomic mass is 32.2. The molecule has 1 aromatic carbocycles. The second kappa shape index (κ2) is 4.39. The molecule has 0 atom stereocenters. The standard InChI is InChI=1S/C10H12O3S/c1-2-6-14(12,13)10-5-3-4-9(7-10)8-11/h2-5,7,11H,1,6,8H2. The van der Waals surface area contributed by atoms with Crippen LogP contribution in [0, 0.1) is 0 Å². The molecule has 1 rings (SSSR count). The van der Waals surface area contributed by atoms with E-state index in [0.717, 1.165) is 0 Å². The maximum Gasteiger partial charge on any atom is 0.181 e. The average Bonchev–Trinajstić information content (AvgIpc) is 2.18. The molecule has 0 bridgehead atoms. The number of aliphatic hydroxyl groups excluding tert-OH is 1. The van der Waals surface area contributed by atoms with Gasteiger partial charge in [0.2, 0.25) is 0 Å². The van der Waals surface area contributed by atoms with Crippen LogP contribution in [0.4, 0.5) is 0 Å². The van der Waals surface area contributed by atoms with Gasteiger partial charge in [0.1, 0.15) is 0 Å². The molecule has 0 spiro atoms. The van der Waals surface area contributed by atoms with Crippen molar-refractivity contribution in [2.24, 2.45) is 0 Å². The minimum absolute atomic E-state index is 0.0815. The molecular weight excluding hydrogens is 200 g/mol. The molecule has 0 aliphatic rings. The smallest absolute Gasteiger partial charge is 0.181 e. The van der Waals surface area contributed by atoms with Crippen LogP contribution in [0.2, 0.25) is 0 Å². The van der Waals surface area contributed by atoms with E-state index in [-0.39, 0.29) is 17.3 Å². The Morgan fingerprint density at radius 3 is 2.71 bits per heavy atom. The van der Waals surface area contributed by atoms with Gasteiger partial charge in [-0.2, -0.15) is 0 Å². The number of hydrogen-bond donors (Lipinski definition) is 1. The van der Waals surface area contributed by atoms with Gasteiger partial charge in [-0.25, -0.2) is 8.42 Å². The van der Waals surface area contributed by atoms with Crippen molar-refractivity contribution in [3.05, 3.63) is 42.5 Å². The fourth-order valence-corrected chi connectivity index (χ4v) is 2.21. The van der Waals surface area contributed by atoms with Gasteiger partial charge in [-0.05, 0) is 17.7 Å². The Labute approximate surface area is 83.6 Å². The molecule has 0 aromatic heterocycles. The van der Waals surface area contributed by atoms with Crippen LogP contribution in [0.15, 0.2) is 41.8 Å². The van der Waals surface area contributed by atoms with E-state index < -0.39 is 9.84 Å². The van der Waals surface area contributed by atoms with Gasteiger partial charge in [-0.1, -0.05) is 18.2 Å². The van der Waals surface area contributed by atoms with E-state index in [0.29, 0.717) is 5.56 Å². The molecule has 0 radical (unpaired) electrons. The monoisotopic (exact) mass is 212 g/mol. The van der Waals surface area contributed by atoms with Crippen LogP contribution < -0.4 is 0 Å². The number of benzene rings is 1. The van der Waals surface area contributed by atoms with Crippen molar-refractivity contribution in [3.8, 4) is 0 Å². The molecule has 1 aromatic rings. The summed E-state index contributed by atoms with van der Waals surface area (Å²) in [4.78, 5) is 0.226. The summed E-state index contributed by atoms with van der Waals surface area (Å²) in [5, 5.41) is 8.84. The third kappa shape index (κ3) is 2.43. The Bertz CT molecular complexity index is 421. The third-order valence-corrected chi connectivity index (χ3v) is 3.42. The molecule has 0 aliphatic carbocycles. The molecule has 0 fully saturated rings. The van der Waals surface area contributed by atoms with Crippen molar-refractivity contribution in [2.45, 2.75) is 11.5 Å². The normalized spacial score (nSPS) is 11.2. The van der Waals surface area contributed by atoms with Crippen LogP contribution in [0.5, 0.6) is 0 Å². The van der Waals surface area contributed by atoms with Crippen molar-refractivity contribution in [3.63, 3.8) is 0 Å². The molecular formula is C10H12O3S. The number of rotatable bonds is 4. The highest BCUT2D eigenvalue weighted by Gasteiger charge is 2.11. The quantitative estimate of drug-likeness (QED) is 0.761. The summed E-state index contributed by atoms with van der Waals surface area (Å²) in [5.41, 5.74) is 0.593. The van der Waals surface area contributed by atoms with E-state index in [2.05, 4.69) is 6.58 Å². The van der Waals surface area contributed by atoms with Crippen LogP contribution in [0.3, 0.4) is 0 Å². The molecule has 14 heavy (non-hydrogen) atoms. The van der Waals surface area contributed by atoms with Crippen molar-refractivity contribution in [2.75, 3.05) is 5.75 Å². The van der Waals surface area contributed by atoms with Gasteiger partial charge in [-0.15, -0.1) is 6.58 Å². The maximum absolute atomic E-state index is 11.5. The Morgan fingerprint density at radius 2 is 2.14 bits per heavy atom. The van der Waals surface area contributed by atoms with Crippen LogP contribution in [0.25, 0.3) is 0 Å². The van der Waals surface area contributed by atoms with Gasteiger partial charge in [0.25, 0.3) is 0 Å². The average molecular weight is 212 g/mol. The van der Waals surface area contributed by atoms with Gasteiger partial charge >= 0.3 is 0 Å². The summed E-state index contributed by atoms with van der Waals surface area (Å²) in [6.07, 6.45) is 1.35. The highest BCUT2D eigenvalue weighted by Crippen LogP contribution is 2.13. The molecule has 0 amide bonds. The summed E-state index contributed by atoms with van der Waals surface area (Å²) in [5.74, 6) is -0.0815. The van der Waals surface area contributed by atoms with Crippen LogP contribution >= 0.6 is 0 Å². The largest absolute Gasteiger partial charge is 0.392 e. The lowest BCUT2D eigenvalue weighted by Gasteiger charge is -2.02. The summed E-state index contributed by atoms with van der Waals surface area (Å²) >= 11 is 0. The fraction of sp³-hybridized carbons (Fsp3) is 0.200. The molecule has 76 valence electrons. The Hall–Kier alpha value is -1.13. The molecule has 0 unspecified atom stereocenters. The minimum atomic E-state index is -3.27. The summed E-state index contributed by atoms with van der Waals surface area (Å²) in [6.45, 7) is 3.23. The van der Waals surface area contributed by atoms with E-state index >= 15 is 0 Å². The van der Waals surface area contributed by atoms with Gasteiger partial charge in [-0.3, -0.25) is 0 Å². The molecule has 0 aliphatic heterocycles. The molecule has 0 saturated carbocycles. The van der Waals surface area contributed by atoms with Gasteiger partial charge in [0.15, 0.2) is 9.84 Å². The van der Waals surface area contributed by atoms with Crippen LogP contribution in [0.1, 0.15) is 5.56 Å². The number of aliphatic hydroxyl groups is 1. The topological polar surface area (TPSA) is 54.4 Å². The fourth-order valence-electron chi connectivity index (χ4n) is 1.09. The molecule has 3 nitrogen and oxygen atoms in total. The van der Waals surface area contributed by atoms with Gasteiger partial charge in [0, 0.05) is 0 Å². The summed E-state index contributed by atoms with van der Waals surface area (Å²) < 4.78 is 23.1. The maximum atomic E-state index is 11.5. The lowest BCUT2D eigenvalue weighted by Crippen LogP contribution is -2.04. The van der Waals surface area contributed by atoms with E-state index in [1.807, 2.05) is 0 Å². The van der Waals surface area contributed by atoms with E-state index in [1.165, 1.54) is 18.2 Å². The Balaban J connectivity index is 3.12. The van der Waals surface area contributed by atoms with E-state index in [1.54, 1.807) is 12.1 Å². The lowest BCUT2D eigenvalue weighted by molar-refractivity contribution is 0.281. The Kier molecular flexibility index (Phi) is 3.43. The summed E-state index contributed by atoms with van der Waals surface area (Å²) in [7, 11) is -3.27. The van der Waals surface area contributed by atoms with Crippen molar-refractivity contribution < 1.29 is 13.5 Å². The highest BCUT2D eigenvalue weighted by molar-refractivity contribution is 7.91. The van der Waals surface area contributed by atoms with E-state index in [4.69, 9.17) is 5.11 Å². The van der Waals surface area contributed by atoms with Crippen molar-refractivity contribution >= 4 is 9.84 Å². The first kappa shape index (κ1) is 10.9. The number of hydrogen-bond acceptors (Lipinski definition) is 3. The second-order valence-corrected chi connectivity index (χ2v) is 4.91. The molecule has 4 heteroatoms. The minimum Gasteiger partial charge on any atom is -0.392 e. The SMILES string of the molecule is C=CCS(=O)(=O)c1cccc(CO)c1. The first-order chi connectivity index (χ1) is 6.60. The first-order valence-corrected chi connectivity index (χ1v) is 5.79. The molecule has 1 N–H and O–H groups in total.